The molecule has 0 aromatic heterocycles. The first-order valence-corrected chi connectivity index (χ1v) is 8.67. The fraction of sp³-hybridized carbons (Fsp3) is 0.333. The normalized spacial score (nSPS) is 16.2. The van der Waals surface area contributed by atoms with Gasteiger partial charge in [0.15, 0.2) is 0 Å². The maximum atomic E-state index is 11.6. The number of carbonyl (C=O) groups excluding carboxylic acids is 2. The van der Waals surface area contributed by atoms with Crippen molar-refractivity contribution in [3.63, 3.8) is 0 Å². The molecule has 1 atom stereocenters. The van der Waals surface area contributed by atoms with Gasteiger partial charge >= 0.3 is 11.9 Å². The number of esters is 2. The van der Waals surface area contributed by atoms with Gasteiger partial charge in [-0.15, -0.1) is 0 Å². The molecule has 1 aliphatic rings. The van der Waals surface area contributed by atoms with Gasteiger partial charge < -0.3 is 19.1 Å². The summed E-state index contributed by atoms with van der Waals surface area (Å²) in [6, 6.07) is 7.95. The fourth-order valence-corrected chi connectivity index (χ4v) is 2.69. The molecule has 0 amide bonds. The number of hydrogen-bond acceptors (Lipinski definition) is 6. The van der Waals surface area contributed by atoms with Crippen LogP contribution in [0.2, 0.25) is 0 Å². The van der Waals surface area contributed by atoms with E-state index in [-0.39, 0.29) is 18.3 Å². The molecule has 1 aromatic carbocycles. The van der Waals surface area contributed by atoms with Gasteiger partial charge in [0.05, 0.1) is 27.8 Å². The van der Waals surface area contributed by atoms with E-state index in [9.17, 15) is 9.59 Å². The van der Waals surface area contributed by atoms with Gasteiger partial charge in [-0.25, -0.2) is 4.79 Å². The zero-order valence-electron chi connectivity index (χ0n) is 15.9. The highest BCUT2D eigenvalue weighted by atomic mass is 16.5. The van der Waals surface area contributed by atoms with Crippen LogP contribution in [-0.4, -0.2) is 44.7 Å². The number of rotatable bonds is 8. The maximum absolute atomic E-state index is 11.6. The predicted octanol–water partition coefficient (Wildman–Crippen LogP) is 2.86. The second-order valence-corrected chi connectivity index (χ2v) is 6.05. The van der Waals surface area contributed by atoms with Crippen molar-refractivity contribution < 1.29 is 23.8 Å². The van der Waals surface area contributed by atoms with Crippen molar-refractivity contribution in [2.45, 2.75) is 12.8 Å². The fourth-order valence-electron chi connectivity index (χ4n) is 2.69. The molecule has 0 saturated heterocycles. The topological polar surface area (TPSA) is 65.1 Å². The summed E-state index contributed by atoms with van der Waals surface area (Å²) < 4.78 is 14.6. The molecule has 0 saturated carbocycles. The number of benzene rings is 1. The van der Waals surface area contributed by atoms with Crippen LogP contribution in [0.4, 0.5) is 0 Å². The minimum atomic E-state index is -0.438. The van der Waals surface area contributed by atoms with Crippen LogP contribution in [0.3, 0.4) is 0 Å². The second-order valence-electron chi connectivity index (χ2n) is 6.05. The third kappa shape index (κ3) is 6.33. The minimum absolute atomic E-state index is 0.143. The number of ether oxygens (including phenoxy) is 3. The Morgan fingerprint density at radius 2 is 1.85 bits per heavy atom. The Balaban J connectivity index is 2.06. The molecule has 0 fully saturated rings. The van der Waals surface area contributed by atoms with E-state index in [0.717, 1.165) is 24.3 Å². The van der Waals surface area contributed by atoms with E-state index >= 15 is 0 Å². The summed E-state index contributed by atoms with van der Waals surface area (Å²) in [6.45, 7) is 0.767. The van der Waals surface area contributed by atoms with Crippen LogP contribution in [0.15, 0.2) is 60.5 Å². The van der Waals surface area contributed by atoms with Crippen LogP contribution in [0, 0.1) is 5.92 Å². The van der Waals surface area contributed by atoms with Gasteiger partial charge in [-0.1, -0.05) is 18.2 Å². The van der Waals surface area contributed by atoms with Crippen molar-refractivity contribution in [3.8, 4) is 5.75 Å². The lowest BCUT2D eigenvalue weighted by Crippen LogP contribution is -2.21. The molecule has 27 heavy (non-hydrogen) atoms. The highest BCUT2D eigenvalue weighted by molar-refractivity contribution is 5.82. The molecular weight excluding hydrogens is 346 g/mol. The van der Waals surface area contributed by atoms with Crippen molar-refractivity contribution >= 4 is 11.9 Å². The van der Waals surface area contributed by atoms with E-state index < -0.39 is 5.97 Å². The van der Waals surface area contributed by atoms with Gasteiger partial charge in [-0.2, -0.15) is 0 Å². The smallest absolute Gasteiger partial charge is 0.330 e. The van der Waals surface area contributed by atoms with Gasteiger partial charge in [0, 0.05) is 30.9 Å². The van der Waals surface area contributed by atoms with Crippen molar-refractivity contribution in [1.29, 1.82) is 0 Å². The molecule has 0 bridgehead atoms. The van der Waals surface area contributed by atoms with Crippen LogP contribution in [0.25, 0.3) is 0 Å². The lowest BCUT2D eigenvalue weighted by atomic mass is 9.93. The second kappa shape index (κ2) is 10.2. The van der Waals surface area contributed by atoms with Crippen LogP contribution >= 0.6 is 0 Å². The molecule has 6 heteroatoms. The first kappa shape index (κ1) is 20.3. The maximum Gasteiger partial charge on any atom is 0.330 e. The standard InChI is InChI=1S/C21H25NO5/c1-25-19-7-4-16(5-8-19)10-12-22-13-11-17(14-21(24)27-3)18(15-22)6-9-20(23)26-2/h4-9,11,13,15,17H,10,12,14H2,1-3H3/b9-6+. The van der Waals surface area contributed by atoms with Gasteiger partial charge in [-0.3, -0.25) is 4.79 Å². The first-order valence-electron chi connectivity index (χ1n) is 8.67. The predicted molar refractivity (Wildman–Crippen MR) is 102 cm³/mol. The zero-order valence-corrected chi connectivity index (χ0v) is 15.9. The molecule has 144 valence electrons. The minimum Gasteiger partial charge on any atom is -0.497 e. The summed E-state index contributed by atoms with van der Waals surface area (Å²) in [5, 5.41) is 0. The SMILES string of the molecule is COC(=O)/C=C/C1=CN(CCc2ccc(OC)cc2)C=CC1CC(=O)OC. The number of hydrogen-bond donors (Lipinski definition) is 0. The average molecular weight is 371 g/mol. The van der Waals surface area contributed by atoms with Gasteiger partial charge in [-0.05, 0) is 35.8 Å². The van der Waals surface area contributed by atoms with Crippen molar-refractivity contribution in [2.75, 3.05) is 27.9 Å². The zero-order chi connectivity index (χ0) is 19.6. The van der Waals surface area contributed by atoms with Crippen LogP contribution in [-0.2, 0) is 25.5 Å². The van der Waals surface area contributed by atoms with Crippen LogP contribution < -0.4 is 4.74 Å². The highest BCUT2D eigenvalue weighted by Gasteiger charge is 2.19. The Hall–Kier alpha value is -3.02. The summed E-state index contributed by atoms with van der Waals surface area (Å²) in [7, 11) is 4.34. The Kier molecular flexibility index (Phi) is 7.67. The Morgan fingerprint density at radius 1 is 1.11 bits per heavy atom. The lowest BCUT2D eigenvalue weighted by Gasteiger charge is -2.25. The number of methoxy groups -OCH3 is 3. The molecule has 6 nitrogen and oxygen atoms in total. The molecule has 0 radical (unpaired) electrons. The van der Waals surface area contributed by atoms with Crippen molar-refractivity contribution in [3.05, 3.63) is 66.0 Å². The Labute approximate surface area is 159 Å². The number of allylic oxidation sites excluding steroid dienone is 3. The molecule has 0 aliphatic carbocycles. The monoisotopic (exact) mass is 371 g/mol. The first-order chi connectivity index (χ1) is 13.0. The van der Waals surface area contributed by atoms with Crippen molar-refractivity contribution in [1.82, 2.24) is 4.90 Å². The molecule has 2 rings (SSSR count). The van der Waals surface area contributed by atoms with Gasteiger partial charge in [0.25, 0.3) is 0 Å². The summed E-state index contributed by atoms with van der Waals surface area (Å²) in [5.74, 6) is -0.0475. The summed E-state index contributed by atoms with van der Waals surface area (Å²) >= 11 is 0. The number of carbonyl (C=O) groups is 2. The van der Waals surface area contributed by atoms with E-state index in [1.807, 2.05) is 47.6 Å². The average Bonchev–Trinajstić information content (AvgIpc) is 2.71. The van der Waals surface area contributed by atoms with Crippen molar-refractivity contribution in [2.24, 2.45) is 5.92 Å². The van der Waals surface area contributed by atoms with E-state index in [2.05, 4.69) is 4.74 Å². The Bertz CT molecular complexity index is 733. The molecule has 0 spiro atoms. The third-order valence-corrected chi connectivity index (χ3v) is 4.30. The third-order valence-electron chi connectivity index (χ3n) is 4.30. The molecule has 0 N–H and O–H groups in total. The van der Waals surface area contributed by atoms with E-state index in [1.165, 1.54) is 25.9 Å². The summed E-state index contributed by atoms with van der Waals surface area (Å²) in [4.78, 5) is 25.1. The van der Waals surface area contributed by atoms with E-state index in [1.54, 1.807) is 13.2 Å². The van der Waals surface area contributed by atoms with E-state index in [4.69, 9.17) is 9.47 Å². The quantitative estimate of drug-likeness (QED) is 0.517. The number of nitrogens with zero attached hydrogens (tertiary/aromatic N) is 1. The summed E-state index contributed by atoms with van der Waals surface area (Å²) in [5.41, 5.74) is 2.05. The lowest BCUT2D eigenvalue weighted by molar-refractivity contribution is -0.141. The van der Waals surface area contributed by atoms with Crippen LogP contribution in [0.5, 0.6) is 5.75 Å². The van der Waals surface area contributed by atoms with Crippen LogP contribution in [0.1, 0.15) is 12.0 Å². The largest absolute Gasteiger partial charge is 0.497 e. The molecular formula is C21H25NO5. The van der Waals surface area contributed by atoms with E-state index in [0.29, 0.717) is 0 Å². The molecule has 1 heterocycles. The molecule has 1 unspecified atom stereocenters. The van der Waals surface area contributed by atoms with Gasteiger partial charge in [0.2, 0.25) is 0 Å². The molecule has 1 aromatic rings. The Morgan fingerprint density at radius 3 is 2.48 bits per heavy atom. The summed E-state index contributed by atoms with van der Waals surface area (Å²) in [6.07, 6.45) is 9.95. The van der Waals surface area contributed by atoms with Gasteiger partial charge in [0.1, 0.15) is 5.75 Å². The molecule has 1 aliphatic heterocycles. The highest BCUT2D eigenvalue weighted by Crippen LogP contribution is 2.24.